The van der Waals surface area contributed by atoms with Gasteiger partial charge in [0.15, 0.2) is 11.5 Å². The molecule has 0 saturated carbocycles. The van der Waals surface area contributed by atoms with Crippen LogP contribution in [0.25, 0.3) is 0 Å². The van der Waals surface area contributed by atoms with Gasteiger partial charge < -0.3 is 19.5 Å². The fraction of sp³-hybridized carbons (Fsp3) is 0.435. The van der Waals surface area contributed by atoms with Gasteiger partial charge in [-0.15, -0.1) is 0 Å². The molecule has 2 aromatic carbocycles. The minimum Gasteiger partial charge on any atom is -0.493 e. The number of amides is 1. The lowest BCUT2D eigenvalue weighted by Crippen LogP contribution is -2.32. The third-order valence-electron chi connectivity index (χ3n) is 4.98. The van der Waals surface area contributed by atoms with Gasteiger partial charge in [-0.1, -0.05) is 13.0 Å². The molecule has 8 nitrogen and oxygen atoms in total. The van der Waals surface area contributed by atoms with Crippen LogP contribution in [0.5, 0.6) is 11.5 Å². The van der Waals surface area contributed by atoms with Gasteiger partial charge in [-0.25, -0.2) is 13.1 Å². The van der Waals surface area contributed by atoms with E-state index >= 15 is 0 Å². The third-order valence-corrected chi connectivity index (χ3v) is 6.58. The molecule has 32 heavy (non-hydrogen) atoms. The van der Waals surface area contributed by atoms with Gasteiger partial charge >= 0.3 is 0 Å². The number of benzene rings is 2. The molecule has 176 valence electrons. The van der Waals surface area contributed by atoms with E-state index in [1.807, 2.05) is 26.0 Å². The molecule has 2 rings (SSSR count). The van der Waals surface area contributed by atoms with Crippen molar-refractivity contribution in [2.45, 2.75) is 44.2 Å². The van der Waals surface area contributed by atoms with Crippen LogP contribution in [0.2, 0.25) is 0 Å². The molecule has 0 bridgehead atoms. The molecule has 0 radical (unpaired) electrons. The summed E-state index contributed by atoms with van der Waals surface area (Å²) in [5.74, 6) is 0.841. The Morgan fingerprint density at radius 2 is 1.69 bits per heavy atom. The first-order valence-electron chi connectivity index (χ1n) is 10.4. The second kappa shape index (κ2) is 11.8. The Kier molecular flexibility index (Phi) is 9.49. The first-order valence-corrected chi connectivity index (χ1v) is 11.9. The highest BCUT2D eigenvalue weighted by molar-refractivity contribution is 7.89. The van der Waals surface area contributed by atoms with Crippen LogP contribution in [0.3, 0.4) is 0 Å². The van der Waals surface area contributed by atoms with E-state index in [0.29, 0.717) is 36.7 Å². The predicted molar refractivity (Wildman–Crippen MR) is 123 cm³/mol. The Bertz CT molecular complexity index is 992. The van der Waals surface area contributed by atoms with Crippen LogP contribution in [-0.4, -0.2) is 47.8 Å². The normalized spacial score (nSPS) is 13.3. The molecule has 0 aliphatic heterocycles. The van der Waals surface area contributed by atoms with Crippen molar-refractivity contribution in [3.63, 3.8) is 0 Å². The van der Waals surface area contributed by atoms with E-state index in [1.165, 1.54) is 24.3 Å². The molecular formula is C23H32N2O6S. The van der Waals surface area contributed by atoms with Crippen LogP contribution in [0, 0.1) is 0 Å². The van der Waals surface area contributed by atoms with Gasteiger partial charge in [0.05, 0.1) is 24.7 Å². The van der Waals surface area contributed by atoms with Gasteiger partial charge in [0, 0.05) is 18.7 Å². The summed E-state index contributed by atoms with van der Waals surface area (Å²) in [6, 6.07) is 10.8. The van der Waals surface area contributed by atoms with Crippen LogP contribution in [0.1, 0.15) is 49.2 Å². The Hall–Kier alpha value is -2.62. The number of hydrogen-bond acceptors (Lipinski definition) is 6. The van der Waals surface area contributed by atoms with Crippen molar-refractivity contribution in [3.8, 4) is 11.5 Å². The van der Waals surface area contributed by atoms with Gasteiger partial charge in [0.25, 0.3) is 5.91 Å². The van der Waals surface area contributed by atoms with E-state index in [-0.39, 0.29) is 22.9 Å². The minimum atomic E-state index is -3.62. The Morgan fingerprint density at radius 3 is 2.28 bits per heavy atom. The lowest BCUT2D eigenvalue weighted by atomic mass is 10.1. The smallest absolute Gasteiger partial charge is 0.251 e. The first-order chi connectivity index (χ1) is 15.2. The molecule has 1 amide bonds. The molecule has 0 heterocycles. The summed E-state index contributed by atoms with van der Waals surface area (Å²) in [5.41, 5.74) is 1.21. The Balaban J connectivity index is 2.07. The van der Waals surface area contributed by atoms with E-state index in [1.54, 1.807) is 27.2 Å². The maximum Gasteiger partial charge on any atom is 0.251 e. The molecule has 0 aliphatic carbocycles. The highest BCUT2D eigenvalue weighted by atomic mass is 32.2. The molecule has 0 spiro atoms. The van der Waals surface area contributed by atoms with Gasteiger partial charge in [-0.05, 0) is 62.2 Å². The average Bonchev–Trinajstić information content (AvgIpc) is 2.78. The molecule has 9 heteroatoms. The molecular weight excluding hydrogens is 432 g/mol. The van der Waals surface area contributed by atoms with E-state index in [0.717, 1.165) is 5.56 Å². The minimum absolute atomic E-state index is 0.121. The van der Waals surface area contributed by atoms with Gasteiger partial charge in [0.2, 0.25) is 10.0 Å². The zero-order valence-corrected chi connectivity index (χ0v) is 20.0. The monoisotopic (exact) mass is 464 g/mol. The summed E-state index contributed by atoms with van der Waals surface area (Å²) in [5, 5.41) is 2.91. The number of ether oxygens (including phenoxy) is 3. The number of carbonyl (C=O) groups excluding carboxylic acids is 1. The lowest BCUT2D eigenvalue weighted by molar-refractivity contribution is 0.0939. The zero-order valence-electron chi connectivity index (χ0n) is 19.2. The highest BCUT2D eigenvalue weighted by Crippen LogP contribution is 2.30. The average molecular weight is 465 g/mol. The van der Waals surface area contributed by atoms with Crippen LogP contribution >= 0.6 is 0 Å². The number of methoxy groups -OCH3 is 2. The maximum absolute atomic E-state index is 12.7. The van der Waals surface area contributed by atoms with E-state index in [9.17, 15) is 13.2 Å². The number of nitrogens with one attached hydrogen (secondary N) is 2. The topological polar surface area (TPSA) is 103 Å². The molecule has 2 unspecified atom stereocenters. The second-order valence-corrected chi connectivity index (χ2v) is 9.12. The van der Waals surface area contributed by atoms with E-state index < -0.39 is 10.0 Å². The molecule has 2 atom stereocenters. The second-order valence-electron chi connectivity index (χ2n) is 7.40. The fourth-order valence-corrected chi connectivity index (χ4v) is 4.20. The largest absolute Gasteiger partial charge is 0.493 e. The van der Waals surface area contributed by atoms with Crippen molar-refractivity contribution >= 4 is 15.9 Å². The van der Waals surface area contributed by atoms with Crippen LogP contribution in [0.15, 0.2) is 47.4 Å². The summed E-state index contributed by atoms with van der Waals surface area (Å²) < 4.78 is 43.4. The Labute approximate surface area is 190 Å². The van der Waals surface area contributed by atoms with E-state index in [2.05, 4.69) is 10.0 Å². The first kappa shape index (κ1) is 25.6. The summed E-state index contributed by atoms with van der Waals surface area (Å²) in [7, 11) is -0.461. The summed E-state index contributed by atoms with van der Waals surface area (Å²) in [6.45, 7) is 6.42. The SMILES string of the molecule is CCC(C)NS(=O)(=O)c1ccc(C(=O)NC(C)c2ccc(OCCOC)c(OC)c2)cc1. The third kappa shape index (κ3) is 6.94. The molecule has 0 aromatic heterocycles. The van der Waals surface area contributed by atoms with Crippen molar-refractivity contribution in [1.29, 1.82) is 0 Å². The van der Waals surface area contributed by atoms with Crippen LogP contribution < -0.4 is 19.5 Å². The summed E-state index contributed by atoms with van der Waals surface area (Å²) in [6.07, 6.45) is 0.683. The molecule has 0 saturated heterocycles. The van der Waals surface area contributed by atoms with Crippen molar-refractivity contribution in [3.05, 3.63) is 53.6 Å². The molecule has 0 aliphatic rings. The number of sulfonamides is 1. The van der Waals surface area contributed by atoms with Gasteiger partial charge in [-0.3, -0.25) is 4.79 Å². The number of hydrogen-bond donors (Lipinski definition) is 2. The zero-order chi connectivity index (χ0) is 23.7. The molecule has 0 fully saturated rings. The quantitative estimate of drug-likeness (QED) is 0.467. The Morgan fingerprint density at radius 1 is 1.00 bits per heavy atom. The van der Waals surface area contributed by atoms with Crippen molar-refractivity contribution in [1.82, 2.24) is 10.0 Å². The standard InChI is InChI=1S/C23H32N2O6S/c1-6-16(2)25-32(27,28)20-10-7-18(8-11-20)23(26)24-17(3)19-9-12-21(22(15-19)30-5)31-14-13-29-4/h7-12,15-17,25H,6,13-14H2,1-5H3,(H,24,26). The van der Waals surface area contributed by atoms with E-state index in [4.69, 9.17) is 14.2 Å². The van der Waals surface area contributed by atoms with Gasteiger partial charge in [0.1, 0.15) is 6.61 Å². The number of rotatable bonds is 12. The number of carbonyl (C=O) groups is 1. The fourth-order valence-electron chi connectivity index (χ4n) is 2.87. The maximum atomic E-state index is 12.7. The predicted octanol–water partition coefficient (Wildman–Crippen LogP) is 3.29. The van der Waals surface area contributed by atoms with Crippen LogP contribution in [-0.2, 0) is 14.8 Å². The van der Waals surface area contributed by atoms with Crippen molar-refractivity contribution in [2.75, 3.05) is 27.4 Å². The van der Waals surface area contributed by atoms with Crippen molar-refractivity contribution < 1.29 is 27.4 Å². The summed E-state index contributed by atoms with van der Waals surface area (Å²) in [4.78, 5) is 12.8. The summed E-state index contributed by atoms with van der Waals surface area (Å²) >= 11 is 0. The lowest BCUT2D eigenvalue weighted by Gasteiger charge is -2.17. The van der Waals surface area contributed by atoms with Gasteiger partial charge in [-0.2, -0.15) is 0 Å². The molecule has 2 N–H and O–H groups in total. The molecule has 2 aromatic rings. The highest BCUT2D eigenvalue weighted by Gasteiger charge is 2.18. The van der Waals surface area contributed by atoms with Crippen molar-refractivity contribution in [2.24, 2.45) is 0 Å². The van der Waals surface area contributed by atoms with Crippen LogP contribution in [0.4, 0.5) is 0 Å².